The van der Waals surface area contributed by atoms with Gasteiger partial charge in [-0.3, -0.25) is 4.79 Å². The molecule has 0 N–H and O–H groups in total. The molecule has 0 bridgehead atoms. The average molecular weight is 1160 g/mol. The smallest absolute Gasteiger partial charge is 0.311 e. The quantitative estimate of drug-likeness (QED) is 0.0386. The molecule has 4 aromatic rings. The van der Waals surface area contributed by atoms with Crippen LogP contribution in [0.2, 0.25) is 28.2 Å². The van der Waals surface area contributed by atoms with Gasteiger partial charge in [0, 0.05) is 25.4 Å². The van der Waals surface area contributed by atoms with E-state index in [-0.39, 0.29) is 95.5 Å². The van der Waals surface area contributed by atoms with Gasteiger partial charge in [-0.05, 0) is 121 Å². The van der Waals surface area contributed by atoms with E-state index in [0.717, 1.165) is 43.0 Å². The Morgan fingerprint density at radius 1 is 0.630 bits per heavy atom. The SMILES string of the molecule is C=C1C(C)CC(CC[C@@H](C)OC(C)COC(=O)C(C)(C)C)OC1C[C@@H]1OC2CC(O[Si](c3ccccc3)(c3ccccc3)C(C)(C)C)C(CCO[Si](c3ccccc3)(c3ccccc3)C(C)(C)C)O[C@H]2[C@H](C)C1O[Si](CC)(CC)CC. The molecule has 3 aliphatic heterocycles. The molecule has 9 nitrogen and oxygen atoms in total. The number of hydrogen-bond acceptors (Lipinski definition) is 9. The predicted molar refractivity (Wildman–Crippen MR) is 340 cm³/mol. The maximum absolute atomic E-state index is 12.5. The number of esters is 1. The molecule has 7 rings (SSSR count). The van der Waals surface area contributed by atoms with Crippen molar-refractivity contribution in [2.45, 2.75) is 239 Å². The molecule has 0 aromatic heterocycles. The van der Waals surface area contributed by atoms with Gasteiger partial charge in [-0.1, -0.05) is 204 Å². The Bertz CT molecular complexity index is 2470. The number of carbonyl (C=O) groups is 1. The van der Waals surface area contributed by atoms with Crippen molar-refractivity contribution in [1.82, 2.24) is 0 Å². The fraction of sp³-hybridized carbons (Fsp3) is 0.609. The van der Waals surface area contributed by atoms with E-state index < -0.39 is 30.4 Å². The van der Waals surface area contributed by atoms with Crippen LogP contribution in [-0.4, -0.2) is 105 Å². The van der Waals surface area contributed by atoms with Gasteiger partial charge in [-0.25, -0.2) is 0 Å². The number of rotatable bonds is 24. The van der Waals surface area contributed by atoms with Crippen LogP contribution in [-0.2, 0) is 41.8 Å². The van der Waals surface area contributed by atoms with Crippen molar-refractivity contribution in [3.05, 3.63) is 133 Å². The summed E-state index contributed by atoms with van der Waals surface area (Å²) in [6.07, 6.45) is 2.59. The van der Waals surface area contributed by atoms with E-state index in [9.17, 15) is 4.79 Å². The van der Waals surface area contributed by atoms with Gasteiger partial charge in [0.2, 0.25) is 0 Å². The van der Waals surface area contributed by atoms with Crippen LogP contribution in [0.25, 0.3) is 0 Å². The van der Waals surface area contributed by atoms with E-state index in [1.54, 1.807) is 0 Å². The van der Waals surface area contributed by atoms with E-state index in [1.807, 2.05) is 27.7 Å². The van der Waals surface area contributed by atoms with Gasteiger partial charge in [-0.15, -0.1) is 0 Å². The van der Waals surface area contributed by atoms with E-state index >= 15 is 0 Å². The lowest BCUT2D eigenvalue weighted by Crippen LogP contribution is -2.70. The minimum Gasteiger partial charge on any atom is -0.463 e. The second-order valence-corrected chi connectivity index (χ2v) is 40.6. The van der Waals surface area contributed by atoms with Crippen molar-refractivity contribution >= 4 is 51.7 Å². The maximum Gasteiger partial charge on any atom is 0.311 e. The average Bonchev–Trinajstić information content (AvgIpc) is 3.45. The molecule has 4 aromatic carbocycles. The summed E-state index contributed by atoms with van der Waals surface area (Å²) in [7, 11) is -8.14. The molecule has 12 heteroatoms. The molecule has 12 atom stereocenters. The molecule has 446 valence electrons. The highest BCUT2D eigenvalue weighted by Gasteiger charge is 2.58. The third kappa shape index (κ3) is 14.9. The van der Waals surface area contributed by atoms with Crippen LogP contribution in [0.3, 0.4) is 0 Å². The Morgan fingerprint density at radius 3 is 1.59 bits per heavy atom. The van der Waals surface area contributed by atoms with Gasteiger partial charge >= 0.3 is 5.97 Å². The number of benzene rings is 4. The summed E-state index contributed by atoms with van der Waals surface area (Å²) >= 11 is 0. The first-order valence-electron chi connectivity index (χ1n) is 31.0. The summed E-state index contributed by atoms with van der Waals surface area (Å²) in [6.45, 7) is 40.9. The second-order valence-electron chi connectivity index (χ2n) is 27.3. The largest absolute Gasteiger partial charge is 0.463 e. The highest BCUT2D eigenvalue weighted by Crippen LogP contribution is 2.46. The summed E-state index contributed by atoms with van der Waals surface area (Å²) in [5.41, 5.74) is 0.572. The van der Waals surface area contributed by atoms with Crippen molar-refractivity contribution in [3.8, 4) is 0 Å². The Kier molecular flexibility index (Phi) is 22.2. The lowest BCUT2D eigenvalue weighted by molar-refractivity contribution is -0.264. The first-order chi connectivity index (χ1) is 38.3. The zero-order valence-corrected chi connectivity index (χ0v) is 55.6. The molecule has 0 radical (unpaired) electrons. The lowest BCUT2D eigenvalue weighted by atomic mass is 9.79. The molecule has 0 saturated carbocycles. The topological polar surface area (TPSA) is 90.9 Å². The molecule has 8 unspecified atom stereocenters. The van der Waals surface area contributed by atoms with Gasteiger partial charge < -0.3 is 37.0 Å². The van der Waals surface area contributed by atoms with Crippen LogP contribution in [0.1, 0.15) is 149 Å². The normalized spacial score (nSPS) is 25.9. The fourth-order valence-corrected chi connectivity index (χ4v) is 25.8. The Labute approximate surface area is 493 Å². The molecule has 3 saturated heterocycles. The molecular weight excluding hydrogens is 1060 g/mol. The highest BCUT2D eigenvalue weighted by atomic mass is 28.4. The van der Waals surface area contributed by atoms with E-state index in [1.165, 1.54) is 20.7 Å². The second kappa shape index (κ2) is 27.7. The monoisotopic (exact) mass is 1160 g/mol. The van der Waals surface area contributed by atoms with Crippen LogP contribution in [0.5, 0.6) is 0 Å². The van der Waals surface area contributed by atoms with Gasteiger partial charge in [0.25, 0.3) is 16.6 Å². The molecule has 0 aliphatic carbocycles. The van der Waals surface area contributed by atoms with Crippen LogP contribution in [0.15, 0.2) is 133 Å². The first kappa shape index (κ1) is 65.0. The number of carbonyl (C=O) groups excluding carboxylic acids is 1. The lowest BCUT2D eigenvalue weighted by Gasteiger charge is -2.55. The third-order valence-electron chi connectivity index (χ3n) is 18.4. The van der Waals surface area contributed by atoms with E-state index in [2.05, 4.69) is 204 Å². The Hall–Kier alpha value is -3.54. The zero-order valence-electron chi connectivity index (χ0n) is 52.6. The van der Waals surface area contributed by atoms with Crippen molar-refractivity contribution in [2.24, 2.45) is 17.3 Å². The number of fused-ring (bicyclic) bond motifs is 1. The standard InChI is InChI=1S/C69H104O9Si3/c1-18-79(19-2,20-3)78-65-53(8)64-62(75-63(65)46-60-52(7)49(4)45-54(74-60)42-41-50(5)73-51(6)48-71-66(70)67(9,10)11)47-61(77-81(69(15,16)17,57-37-29-23-30-38-57)58-39-31-24-32-40-58)59(76-64)43-44-72-80(68(12,13)14,55-33-25-21-26-34-55)56-35-27-22-28-36-56/h21-40,49-51,53-54,59-65H,7,18-20,41-48H2,1-6,8-17H3/t49?,50-,51?,53+,54?,59?,60?,61?,62?,63+,64+,65?/m1/s1. The molecule has 0 spiro atoms. The van der Waals surface area contributed by atoms with Crippen molar-refractivity contribution < 1.29 is 41.8 Å². The highest BCUT2D eigenvalue weighted by molar-refractivity contribution is 7.00. The van der Waals surface area contributed by atoms with Gasteiger partial charge in [0.15, 0.2) is 8.32 Å². The molecule has 3 fully saturated rings. The van der Waals surface area contributed by atoms with Gasteiger partial charge in [0.1, 0.15) is 6.61 Å². The summed E-state index contributed by atoms with van der Waals surface area (Å²) in [5, 5.41) is 4.58. The van der Waals surface area contributed by atoms with E-state index in [0.29, 0.717) is 25.9 Å². The molecule has 3 heterocycles. The zero-order chi connectivity index (χ0) is 59.0. The van der Waals surface area contributed by atoms with Gasteiger partial charge in [-0.2, -0.15) is 0 Å². The third-order valence-corrected chi connectivity index (χ3v) is 33.2. The summed E-state index contributed by atoms with van der Waals surface area (Å²) in [4.78, 5) is 12.5. The minimum atomic E-state index is -3.09. The molecule has 81 heavy (non-hydrogen) atoms. The number of hydrogen-bond donors (Lipinski definition) is 0. The Balaban J connectivity index is 1.23. The van der Waals surface area contributed by atoms with Crippen molar-refractivity contribution in [1.29, 1.82) is 0 Å². The van der Waals surface area contributed by atoms with Crippen LogP contribution in [0, 0.1) is 17.3 Å². The molecule has 3 aliphatic rings. The minimum absolute atomic E-state index is 0.0203. The van der Waals surface area contributed by atoms with E-state index in [4.69, 9.17) is 43.5 Å². The van der Waals surface area contributed by atoms with Crippen molar-refractivity contribution in [3.63, 3.8) is 0 Å². The summed E-state index contributed by atoms with van der Waals surface area (Å²) in [5.74, 6) is 0.0788. The first-order valence-corrected chi connectivity index (χ1v) is 37.4. The summed E-state index contributed by atoms with van der Waals surface area (Å²) in [6, 6.07) is 47.0. The Morgan fingerprint density at radius 2 is 1.12 bits per heavy atom. The summed E-state index contributed by atoms with van der Waals surface area (Å²) < 4.78 is 58.2. The molecular formula is C69H104O9Si3. The van der Waals surface area contributed by atoms with Crippen LogP contribution < -0.4 is 20.7 Å². The van der Waals surface area contributed by atoms with Crippen molar-refractivity contribution in [2.75, 3.05) is 13.2 Å². The van der Waals surface area contributed by atoms with Gasteiger partial charge in [0.05, 0.1) is 66.5 Å². The molecule has 0 amide bonds. The van der Waals surface area contributed by atoms with Crippen LogP contribution >= 0.6 is 0 Å². The fourth-order valence-electron chi connectivity index (χ4n) is 13.5. The maximum atomic E-state index is 12.5. The number of ether oxygens (including phenoxy) is 5. The predicted octanol–water partition coefficient (Wildman–Crippen LogP) is 13.8. The van der Waals surface area contributed by atoms with Crippen LogP contribution in [0.4, 0.5) is 0 Å².